The summed E-state index contributed by atoms with van der Waals surface area (Å²) in [5.74, 6) is 0.258. The molecule has 1 aromatic carbocycles. The molecule has 4 heteroatoms. The summed E-state index contributed by atoms with van der Waals surface area (Å²) >= 11 is 0. The molecular weight excluding hydrogens is 286 g/mol. The molecule has 3 rings (SSSR count). The molecule has 4 nitrogen and oxygen atoms in total. The highest BCUT2D eigenvalue weighted by Crippen LogP contribution is 2.29. The number of benzene rings is 1. The molecule has 1 N–H and O–H groups in total. The lowest BCUT2D eigenvalue weighted by atomic mass is 10.1. The Hall–Kier alpha value is -1.55. The first-order valence-corrected chi connectivity index (χ1v) is 8.92. The lowest BCUT2D eigenvalue weighted by Crippen LogP contribution is -2.43. The van der Waals surface area contributed by atoms with Gasteiger partial charge in [-0.25, -0.2) is 0 Å². The molecule has 1 fully saturated rings. The van der Waals surface area contributed by atoms with E-state index < -0.39 is 0 Å². The van der Waals surface area contributed by atoms with Gasteiger partial charge >= 0.3 is 0 Å². The number of nitrogens with zero attached hydrogens (tertiary/aromatic N) is 2. The fraction of sp³-hybridized carbons (Fsp3) is 0.632. The Bertz CT molecular complexity index is 572. The van der Waals surface area contributed by atoms with E-state index in [0.717, 1.165) is 13.1 Å². The lowest BCUT2D eigenvalue weighted by molar-refractivity contribution is -0.132. The zero-order chi connectivity index (χ0) is 16.4. The van der Waals surface area contributed by atoms with Crippen molar-refractivity contribution in [3.8, 4) is 0 Å². The van der Waals surface area contributed by atoms with E-state index >= 15 is 0 Å². The van der Waals surface area contributed by atoms with Gasteiger partial charge in [0, 0.05) is 43.8 Å². The highest BCUT2D eigenvalue weighted by atomic mass is 16.2. The first kappa shape index (κ1) is 16.3. The van der Waals surface area contributed by atoms with E-state index in [9.17, 15) is 4.79 Å². The van der Waals surface area contributed by atoms with Gasteiger partial charge in [0.05, 0.1) is 0 Å². The van der Waals surface area contributed by atoms with E-state index in [-0.39, 0.29) is 5.91 Å². The third-order valence-corrected chi connectivity index (χ3v) is 5.57. The summed E-state index contributed by atoms with van der Waals surface area (Å²) < 4.78 is 0. The van der Waals surface area contributed by atoms with Crippen molar-refractivity contribution in [3.63, 3.8) is 0 Å². The van der Waals surface area contributed by atoms with Crippen molar-refractivity contribution in [2.45, 2.75) is 58.2 Å². The van der Waals surface area contributed by atoms with Crippen LogP contribution >= 0.6 is 0 Å². The number of hydrogen-bond donors (Lipinski definition) is 1. The van der Waals surface area contributed by atoms with Crippen LogP contribution < -0.4 is 5.32 Å². The second-order valence-electron chi connectivity index (χ2n) is 7.00. The minimum atomic E-state index is 0.258. The molecule has 1 amide bonds. The number of hydrogen-bond acceptors (Lipinski definition) is 3. The summed E-state index contributed by atoms with van der Waals surface area (Å²) in [6.07, 6.45) is 4.20. The van der Waals surface area contributed by atoms with Crippen LogP contribution in [0.3, 0.4) is 0 Å². The van der Waals surface area contributed by atoms with Crippen LogP contribution in [0.5, 0.6) is 0 Å². The van der Waals surface area contributed by atoms with Crippen molar-refractivity contribution in [1.82, 2.24) is 9.80 Å². The highest BCUT2D eigenvalue weighted by molar-refractivity contribution is 5.76. The predicted molar refractivity (Wildman–Crippen MR) is 94.6 cm³/mol. The number of nitrogens with one attached hydrogen (secondary N) is 1. The van der Waals surface area contributed by atoms with Crippen LogP contribution in [0.1, 0.15) is 43.7 Å². The van der Waals surface area contributed by atoms with Gasteiger partial charge in [0.2, 0.25) is 5.91 Å². The zero-order valence-corrected chi connectivity index (χ0v) is 14.6. The van der Waals surface area contributed by atoms with Crippen LogP contribution in [0.25, 0.3) is 0 Å². The largest absolute Gasteiger partial charge is 0.384 e. The van der Waals surface area contributed by atoms with Crippen LogP contribution in [0.4, 0.5) is 5.69 Å². The van der Waals surface area contributed by atoms with Gasteiger partial charge in [-0.2, -0.15) is 0 Å². The van der Waals surface area contributed by atoms with E-state index in [1.165, 1.54) is 36.1 Å². The fourth-order valence-electron chi connectivity index (χ4n) is 4.07. The monoisotopic (exact) mass is 315 g/mol. The summed E-state index contributed by atoms with van der Waals surface area (Å²) in [6.45, 7) is 6.68. The minimum absolute atomic E-state index is 0.258. The SMILES string of the molecule is CCC(=O)N1Cc2cccc(C)c2NCCC2CCC(C1)N2C. The number of rotatable bonds is 1. The van der Waals surface area contributed by atoms with Gasteiger partial charge in [-0.3, -0.25) is 9.69 Å². The maximum absolute atomic E-state index is 12.5. The van der Waals surface area contributed by atoms with Gasteiger partial charge in [-0.15, -0.1) is 0 Å². The third kappa shape index (κ3) is 3.37. The third-order valence-electron chi connectivity index (χ3n) is 5.57. The second kappa shape index (κ2) is 6.91. The van der Waals surface area contributed by atoms with Gasteiger partial charge in [-0.05, 0) is 44.4 Å². The van der Waals surface area contributed by atoms with Crippen LogP contribution in [-0.2, 0) is 11.3 Å². The number of carbonyl (C=O) groups excluding carboxylic acids is 1. The topological polar surface area (TPSA) is 35.6 Å². The van der Waals surface area contributed by atoms with Crippen LogP contribution in [0.2, 0.25) is 0 Å². The number of anilines is 1. The Balaban J connectivity index is 1.93. The van der Waals surface area contributed by atoms with Crippen molar-refractivity contribution < 1.29 is 4.79 Å². The molecule has 0 aromatic heterocycles. The maximum atomic E-state index is 12.5. The normalized spacial score (nSPS) is 25.4. The van der Waals surface area contributed by atoms with Gasteiger partial charge in [0.25, 0.3) is 0 Å². The standard InChI is InChI=1S/C19H29N3O/c1-4-18(23)22-12-15-7-5-6-14(2)19(15)20-11-10-16-8-9-17(13-22)21(16)3/h5-7,16-17,20H,4,8-13H2,1-3H3. The summed E-state index contributed by atoms with van der Waals surface area (Å²) in [6, 6.07) is 7.54. The Kier molecular flexibility index (Phi) is 4.90. The van der Waals surface area contributed by atoms with Gasteiger partial charge in [0.1, 0.15) is 0 Å². The Morgan fingerprint density at radius 2 is 2.04 bits per heavy atom. The Morgan fingerprint density at radius 1 is 1.26 bits per heavy atom. The summed E-state index contributed by atoms with van der Waals surface area (Å²) in [7, 11) is 2.23. The molecule has 2 aliphatic rings. The molecule has 2 bridgehead atoms. The van der Waals surface area contributed by atoms with Crippen molar-refractivity contribution in [2.75, 3.05) is 25.5 Å². The molecule has 2 heterocycles. The van der Waals surface area contributed by atoms with E-state index in [4.69, 9.17) is 0 Å². The van der Waals surface area contributed by atoms with E-state index in [1.54, 1.807) is 0 Å². The second-order valence-corrected chi connectivity index (χ2v) is 7.00. The van der Waals surface area contributed by atoms with Crippen LogP contribution in [0, 0.1) is 6.92 Å². The van der Waals surface area contributed by atoms with Crippen molar-refractivity contribution in [2.24, 2.45) is 0 Å². The molecule has 0 spiro atoms. The van der Waals surface area contributed by atoms with Crippen molar-refractivity contribution in [3.05, 3.63) is 29.3 Å². The first-order chi connectivity index (χ1) is 11.1. The zero-order valence-electron chi connectivity index (χ0n) is 14.6. The smallest absolute Gasteiger partial charge is 0.222 e. The maximum Gasteiger partial charge on any atom is 0.222 e. The highest BCUT2D eigenvalue weighted by Gasteiger charge is 2.32. The molecule has 0 saturated carbocycles. The molecule has 2 unspecified atom stereocenters. The molecule has 126 valence electrons. The molecule has 23 heavy (non-hydrogen) atoms. The lowest BCUT2D eigenvalue weighted by Gasteiger charge is -2.31. The summed E-state index contributed by atoms with van der Waals surface area (Å²) in [4.78, 5) is 17.0. The quantitative estimate of drug-likeness (QED) is 0.865. The molecule has 2 aliphatic heterocycles. The van der Waals surface area contributed by atoms with Gasteiger partial charge in [-0.1, -0.05) is 25.1 Å². The van der Waals surface area contributed by atoms with Crippen molar-refractivity contribution in [1.29, 1.82) is 0 Å². The van der Waals surface area contributed by atoms with Crippen LogP contribution in [-0.4, -0.2) is 47.9 Å². The van der Waals surface area contributed by atoms with E-state index in [0.29, 0.717) is 25.0 Å². The Morgan fingerprint density at radius 3 is 2.83 bits per heavy atom. The number of aryl methyl sites for hydroxylation is 1. The van der Waals surface area contributed by atoms with E-state index in [2.05, 4.69) is 47.3 Å². The van der Waals surface area contributed by atoms with E-state index in [1.807, 2.05) is 6.92 Å². The molecule has 1 saturated heterocycles. The molecule has 2 atom stereocenters. The van der Waals surface area contributed by atoms with Crippen LogP contribution in [0.15, 0.2) is 18.2 Å². The predicted octanol–water partition coefficient (Wildman–Crippen LogP) is 3.01. The summed E-state index contributed by atoms with van der Waals surface area (Å²) in [5.41, 5.74) is 3.73. The van der Waals surface area contributed by atoms with Gasteiger partial charge in [0.15, 0.2) is 0 Å². The number of likely N-dealkylation sites (N-methyl/N-ethyl adjacent to an activating group) is 1. The average Bonchev–Trinajstić information content (AvgIpc) is 2.86. The molecular formula is C19H29N3O. The molecule has 1 aromatic rings. The first-order valence-electron chi connectivity index (χ1n) is 8.92. The number of carbonyl (C=O) groups is 1. The van der Waals surface area contributed by atoms with Gasteiger partial charge < -0.3 is 10.2 Å². The average molecular weight is 315 g/mol. The van der Waals surface area contributed by atoms with Crippen molar-refractivity contribution >= 4 is 11.6 Å². The number of amides is 1. The molecule has 0 radical (unpaired) electrons. The minimum Gasteiger partial charge on any atom is -0.384 e. The fourth-order valence-corrected chi connectivity index (χ4v) is 4.07. The summed E-state index contributed by atoms with van der Waals surface area (Å²) in [5, 5.41) is 3.65. The Labute approximate surface area is 139 Å². The molecule has 0 aliphatic carbocycles. The number of para-hydroxylation sites is 1. The number of fused-ring (bicyclic) bond motifs is 3.